The summed E-state index contributed by atoms with van der Waals surface area (Å²) in [7, 11) is 0. The third-order valence-corrected chi connectivity index (χ3v) is 3.86. The SMILES string of the molecule is CC.c1ccc2c(c1)Oc1cc3[nH]c4ccccc4c3cc1O2. The van der Waals surface area contributed by atoms with E-state index in [2.05, 4.69) is 17.1 Å². The molecule has 0 bridgehead atoms. The van der Waals surface area contributed by atoms with Crippen LogP contribution in [0.4, 0.5) is 0 Å². The summed E-state index contributed by atoms with van der Waals surface area (Å²) in [6.45, 7) is 4.00. The molecule has 1 aliphatic rings. The van der Waals surface area contributed by atoms with Crippen LogP contribution in [0.25, 0.3) is 21.8 Å². The van der Waals surface area contributed by atoms with Gasteiger partial charge in [0.2, 0.25) is 0 Å². The van der Waals surface area contributed by atoms with Crippen molar-refractivity contribution in [3.05, 3.63) is 60.7 Å². The van der Waals surface area contributed by atoms with E-state index in [1.807, 2.05) is 62.4 Å². The van der Waals surface area contributed by atoms with Gasteiger partial charge in [0, 0.05) is 22.4 Å². The van der Waals surface area contributed by atoms with Crippen molar-refractivity contribution in [2.45, 2.75) is 13.8 Å². The van der Waals surface area contributed by atoms with Gasteiger partial charge in [0.15, 0.2) is 23.0 Å². The number of rotatable bonds is 0. The highest BCUT2D eigenvalue weighted by atomic mass is 16.6. The minimum absolute atomic E-state index is 0.743. The van der Waals surface area contributed by atoms with Gasteiger partial charge in [-0.15, -0.1) is 0 Å². The molecule has 3 aromatic carbocycles. The Labute approximate surface area is 134 Å². The summed E-state index contributed by atoms with van der Waals surface area (Å²) in [4.78, 5) is 3.42. The van der Waals surface area contributed by atoms with Crippen molar-refractivity contribution in [1.82, 2.24) is 4.98 Å². The maximum absolute atomic E-state index is 5.96. The molecule has 0 unspecified atom stereocenters. The number of hydrogen-bond acceptors (Lipinski definition) is 2. The lowest BCUT2D eigenvalue weighted by Gasteiger charge is -2.20. The lowest BCUT2D eigenvalue weighted by atomic mass is 10.1. The molecule has 0 fully saturated rings. The van der Waals surface area contributed by atoms with E-state index in [1.165, 1.54) is 5.39 Å². The van der Waals surface area contributed by atoms with Crippen LogP contribution in [0.1, 0.15) is 13.8 Å². The van der Waals surface area contributed by atoms with Crippen LogP contribution in [-0.4, -0.2) is 4.98 Å². The molecule has 0 radical (unpaired) electrons. The Bertz CT molecular complexity index is 1000. The third kappa shape index (κ3) is 2.13. The van der Waals surface area contributed by atoms with E-state index in [4.69, 9.17) is 9.47 Å². The summed E-state index contributed by atoms with van der Waals surface area (Å²) in [5, 5.41) is 2.34. The molecule has 0 saturated carbocycles. The van der Waals surface area contributed by atoms with Gasteiger partial charge in [0.1, 0.15) is 0 Å². The number of aromatic nitrogens is 1. The van der Waals surface area contributed by atoms with Crippen LogP contribution >= 0.6 is 0 Å². The van der Waals surface area contributed by atoms with Gasteiger partial charge >= 0.3 is 0 Å². The van der Waals surface area contributed by atoms with E-state index in [1.54, 1.807) is 0 Å². The first-order chi connectivity index (χ1) is 11.4. The average Bonchev–Trinajstić information content (AvgIpc) is 2.97. The largest absolute Gasteiger partial charge is 0.449 e. The number of benzene rings is 3. The summed E-state index contributed by atoms with van der Waals surface area (Å²) < 4.78 is 11.9. The first-order valence-electron chi connectivity index (χ1n) is 7.88. The van der Waals surface area contributed by atoms with E-state index >= 15 is 0 Å². The van der Waals surface area contributed by atoms with Gasteiger partial charge in [-0.05, 0) is 24.3 Å². The van der Waals surface area contributed by atoms with Crippen molar-refractivity contribution < 1.29 is 9.47 Å². The highest BCUT2D eigenvalue weighted by Gasteiger charge is 2.20. The predicted molar refractivity (Wildman–Crippen MR) is 93.7 cm³/mol. The Balaban J connectivity index is 0.000000652. The molecule has 1 aromatic heterocycles. The number of nitrogens with one attached hydrogen (secondary N) is 1. The molecule has 2 heterocycles. The van der Waals surface area contributed by atoms with Gasteiger partial charge in [-0.1, -0.05) is 44.2 Å². The Morgan fingerprint density at radius 2 is 1.22 bits per heavy atom. The van der Waals surface area contributed by atoms with Gasteiger partial charge in [-0.25, -0.2) is 0 Å². The number of ether oxygens (including phenoxy) is 2. The van der Waals surface area contributed by atoms with Gasteiger partial charge in [0.05, 0.1) is 5.52 Å². The second-order valence-electron chi connectivity index (χ2n) is 5.17. The average molecular weight is 303 g/mol. The molecule has 1 aliphatic heterocycles. The third-order valence-electron chi connectivity index (χ3n) is 3.86. The van der Waals surface area contributed by atoms with E-state index in [0.29, 0.717) is 0 Å². The van der Waals surface area contributed by atoms with Crippen molar-refractivity contribution >= 4 is 21.8 Å². The lowest BCUT2D eigenvalue weighted by molar-refractivity contribution is 0.360. The molecule has 114 valence electrons. The van der Waals surface area contributed by atoms with Crippen LogP contribution < -0.4 is 9.47 Å². The molecule has 0 saturated heterocycles. The maximum atomic E-state index is 5.96. The Kier molecular flexibility index (Phi) is 3.19. The quantitative estimate of drug-likeness (QED) is 0.367. The molecule has 1 N–H and O–H groups in total. The molecule has 3 nitrogen and oxygen atoms in total. The normalized spacial score (nSPS) is 11.7. The highest BCUT2D eigenvalue weighted by Crippen LogP contribution is 2.47. The molecule has 4 aromatic rings. The summed E-state index contributed by atoms with van der Waals surface area (Å²) in [5.41, 5.74) is 2.17. The molecule has 0 atom stereocenters. The Morgan fingerprint density at radius 1 is 0.609 bits per heavy atom. The molecular weight excluding hydrogens is 286 g/mol. The standard InChI is InChI=1S/C18H11NO2.C2H6/c1-2-6-13-11(5-1)12-9-17-18(10-14(12)19-13)21-16-8-4-3-7-15(16)20-17;1-2/h1-10,19H;1-2H3. The lowest BCUT2D eigenvalue weighted by Crippen LogP contribution is -1.98. The predicted octanol–water partition coefficient (Wildman–Crippen LogP) is 6.25. The molecule has 23 heavy (non-hydrogen) atoms. The number of para-hydroxylation sites is 3. The van der Waals surface area contributed by atoms with Crippen LogP contribution in [-0.2, 0) is 0 Å². The minimum atomic E-state index is 0.743. The monoisotopic (exact) mass is 303 g/mol. The Morgan fingerprint density at radius 3 is 1.96 bits per heavy atom. The van der Waals surface area contributed by atoms with Crippen molar-refractivity contribution in [3.8, 4) is 23.0 Å². The molecule has 3 heteroatoms. The molecule has 0 amide bonds. The van der Waals surface area contributed by atoms with Crippen LogP contribution in [0.5, 0.6) is 23.0 Å². The number of hydrogen-bond donors (Lipinski definition) is 1. The highest BCUT2D eigenvalue weighted by molar-refractivity contribution is 6.08. The zero-order valence-electron chi connectivity index (χ0n) is 13.1. The number of fused-ring (bicyclic) bond motifs is 5. The Hall–Kier alpha value is -2.94. The molecule has 0 aliphatic carbocycles. The van der Waals surface area contributed by atoms with Gasteiger partial charge < -0.3 is 14.5 Å². The van der Waals surface area contributed by atoms with E-state index in [0.717, 1.165) is 39.4 Å². The first-order valence-corrected chi connectivity index (χ1v) is 7.88. The van der Waals surface area contributed by atoms with Gasteiger partial charge in [-0.3, -0.25) is 0 Å². The summed E-state index contributed by atoms with van der Waals surface area (Å²) in [6.07, 6.45) is 0. The minimum Gasteiger partial charge on any atom is -0.449 e. The second-order valence-corrected chi connectivity index (χ2v) is 5.17. The molecule has 0 spiro atoms. The fraction of sp³-hybridized carbons (Fsp3) is 0.100. The summed E-state index contributed by atoms with van der Waals surface area (Å²) >= 11 is 0. The van der Waals surface area contributed by atoms with Crippen LogP contribution in [0.3, 0.4) is 0 Å². The van der Waals surface area contributed by atoms with Crippen LogP contribution in [0.15, 0.2) is 60.7 Å². The fourth-order valence-corrected chi connectivity index (χ4v) is 2.87. The molecular formula is C20H17NO2. The maximum Gasteiger partial charge on any atom is 0.172 e. The van der Waals surface area contributed by atoms with E-state index in [-0.39, 0.29) is 0 Å². The fourth-order valence-electron chi connectivity index (χ4n) is 2.87. The van der Waals surface area contributed by atoms with Crippen molar-refractivity contribution in [2.75, 3.05) is 0 Å². The van der Waals surface area contributed by atoms with Crippen molar-refractivity contribution in [2.24, 2.45) is 0 Å². The first kappa shape index (κ1) is 13.7. The van der Waals surface area contributed by atoms with Gasteiger partial charge in [-0.2, -0.15) is 0 Å². The number of aromatic amines is 1. The molecule has 5 rings (SSSR count). The van der Waals surface area contributed by atoms with Crippen LogP contribution in [0.2, 0.25) is 0 Å². The van der Waals surface area contributed by atoms with E-state index in [9.17, 15) is 0 Å². The van der Waals surface area contributed by atoms with Gasteiger partial charge in [0.25, 0.3) is 0 Å². The van der Waals surface area contributed by atoms with Crippen LogP contribution in [0, 0.1) is 0 Å². The zero-order valence-corrected chi connectivity index (χ0v) is 13.1. The van der Waals surface area contributed by atoms with E-state index < -0.39 is 0 Å². The topological polar surface area (TPSA) is 34.2 Å². The summed E-state index contributed by atoms with van der Waals surface area (Å²) in [5.74, 6) is 3.00. The summed E-state index contributed by atoms with van der Waals surface area (Å²) in [6, 6.07) is 20.0. The van der Waals surface area contributed by atoms with Crippen molar-refractivity contribution in [3.63, 3.8) is 0 Å². The zero-order chi connectivity index (χ0) is 15.8. The second kappa shape index (κ2) is 5.36. The number of H-pyrrole nitrogens is 1. The smallest absolute Gasteiger partial charge is 0.172 e. The van der Waals surface area contributed by atoms with Crippen molar-refractivity contribution in [1.29, 1.82) is 0 Å².